The Kier molecular flexibility index (Phi) is 2.40. The van der Waals surface area contributed by atoms with Gasteiger partial charge in [0.15, 0.2) is 11.5 Å². The van der Waals surface area contributed by atoms with Crippen LogP contribution in [-0.2, 0) is 13.5 Å². The summed E-state index contributed by atoms with van der Waals surface area (Å²) >= 11 is 0. The first-order chi connectivity index (χ1) is 8.70. The van der Waals surface area contributed by atoms with Gasteiger partial charge in [0.05, 0.1) is 6.20 Å². The molecule has 0 bridgehead atoms. The molecule has 18 heavy (non-hydrogen) atoms. The zero-order valence-electron chi connectivity index (χ0n) is 10.4. The Morgan fingerprint density at radius 2 is 2.00 bits per heavy atom. The summed E-state index contributed by atoms with van der Waals surface area (Å²) < 4.78 is 12.5. The molecule has 1 aromatic heterocycles. The second-order valence-corrected chi connectivity index (χ2v) is 4.28. The van der Waals surface area contributed by atoms with Crippen LogP contribution >= 0.6 is 0 Å². The summed E-state index contributed by atoms with van der Waals surface area (Å²) in [6.45, 7) is 2.39. The van der Waals surface area contributed by atoms with Gasteiger partial charge in [-0.15, -0.1) is 0 Å². The number of ether oxygens (including phenoxy) is 2. The van der Waals surface area contributed by atoms with Crippen molar-refractivity contribution in [2.75, 3.05) is 12.5 Å². The Bertz CT molecular complexity index is 605. The van der Waals surface area contributed by atoms with E-state index in [-0.39, 0.29) is 6.79 Å². The fourth-order valence-corrected chi connectivity index (χ4v) is 2.18. The van der Waals surface area contributed by atoms with Crippen LogP contribution in [0, 0.1) is 0 Å². The van der Waals surface area contributed by atoms with E-state index in [0.717, 1.165) is 29.0 Å². The van der Waals surface area contributed by atoms with Crippen molar-refractivity contribution in [1.29, 1.82) is 0 Å². The second-order valence-electron chi connectivity index (χ2n) is 4.28. The molecule has 5 nitrogen and oxygen atoms in total. The number of aryl methyl sites for hydroxylation is 2. The maximum atomic E-state index is 6.03. The van der Waals surface area contributed by atoms with Crippen LogP contribution in [-0.4, -0.2) is 16.6 Å². The van der Waals surface area contributed by atoms with Gasteiger partial charge in [-0.2, -0.15) is 5.10 Å². The molecule has 0 atom stereocenters. The lowest BCUT2D eigenvalue weighted by Crippen LogP contribution is -1.99. The molecule has 0 aliphatic carbocycles. The van der Waals surface area contributed by atoms with E-state index in [0.29, 0.717) is 5.82 Å². The average Bonchev–Trinajstić information content (AvgIpc) is 2.95. The Hall–Kier alpha value is -2.17. The first-order valence-corrected chi connectivity index (χ1v) is 5.91. The summed E-state index contributed by atoms with van der Waals surface area (Å²) in [5.74, 6) is 2.23. The van der Waals surface area contributed by atoms with Crippen LogP contribution in [0.3, 0.4) is 0 Å². The Labute approximate surface area is 105 Å². The fraction of sp³-hybridized carbons (Fsp3) is 0.308. The van der Waals surface area contributed by atoms with E-state index in [1.165, 1.54) is 5.56 Å². The van der Waals surface area contributed by atoms with Gasteiger partial charge < -0.3 is 15.2 Å². The number of hydrogen-bond acceptors (Lipinski definition) is 4. The molecule has 2 aromatic rings. The Morgan fingerprint density at radius 1 is 1.28 bits per heavy atom. The van der Waals surface area contributed by atoms with Gasteiger partial charge in [0.2, 0.25) is 6.79 Å². The molecule has 0 saturated heterocycles. The third-order valence-electron chi connectivity index (χ3n) is 3.25. The van der Waals surface area contributed by atoms with Crippen LogP contribution in [0.4, 0.5) is 5.82 Å². The van der Waals surface area contributed by atoms with Crippen LogP contribution < -0.4 is 15.2 Å². The van der Waals surface area contributed by atoms with E-state index in [1.54, 1.807) is 10.9 Å². The number of benzene rings is 1. The molecule has 3 rings (SSSR count). The number of anilines is 1. The van der Waals surface area contributed by atoms with Crippen LogP contribution in [0.25, 0.3) is 11.1 Å². The van der Waals surface area contributed by atoms with Crippen molar-refractivity contribution in [3.63, 3.8) is 0 Å². The maximum absolute atomic E-state index is 6.03. The second kappa shape index (κ2) is 3.94. The van der Waals surface area contributed by atoms with Crippen molar-refractivity contribution in [3.05, 3.63) is 23.9 Å². The highest BCUT2D eigenvalue weighted by molar-refractivity contribution is 5.78. The minimum Gasteiger partial charge on any atom is -0.454 e. The third-order valence-corrected chi connectivity index (χ3v) is 3.25. The van der Waals surface area contributed by atoms with Crippen molar-refractivity contribution in [1.82, 2.24) is 9.78 Å². The van der Waals surface area contributed by atoms with E-state index >= 15 is 0 Å². The van der Waals surface area contributed by atoms with Crippen LogP contribution in [0.1, 0.15) is 12.5 Å². The van der Waals surface area contributed by atoms with Crippen LogP contribution in [0.5, 0.6) is 11.5 Å². The SMILES string of the molecule is CCc1cc2c(cc1-c1cnn(C)c1N)OCO2. The topological polar surface area (TPSA) is 62.3 Å². The molecule has 0 fully saturated rings. The molecule has 0 amide bonds. The van der Waals surface area contributed by atoms with E-state index in [4.69, 9.17) is 15.2 Å². The molecule has 2 heterocycles. The van der Waals surface area contributed by atoms with Crippen molar-refractivity contribution in [2.45, 2.75) is 13.3 Å². The molecular formula is C13H15N3O2. The molecule has 94 valence electrons. The lowest BCUT2D eigenvalue weighted by atomic mass is 9.99. The van der Waals surface area contributed by atoms with E-state index in [9.17, 15) is 0 Å². The van der Waals surface area contributed by atoms with E-state index in [2.05, 4.69) is 12.0 Å². The number of hydrogen-bond donors (Lipinski definition) is 1. The van der Waals surface area contributed by atoms with Crippen molar-refractivity contribution in [2.24, 2.45) is 7.05 Å². The van der Waals surface area contributed by atoms with Gasteiger partial charge in [0.1, 0.15) is 5.82 Å². The van der Waals surface area contributed by atoms with Gasteiger partial charge in [-0.05, 0) is 29.7 Å². The molecular weight excluding hydrogens is 230 g/mol. The molecule has 1 aliphatic heterocycles. The molecule has 0 unspecified atom stereocenters. The summed E-state index contributed by atoms with van der Waals surface area (Å²) in [5.41, 5.74) is 9.21. The molecule has 2 N–H and O–H groups in total. The molecule has 1 aromatic carbocycles. The summed E-state index contributed by atoms with van der Waals surface area (Å²) in [6.07, 6.45) is 2.69. The molecule has 5 heteroatoms. The first kappa shape index (κ1) is 11.0. The lowest BCUT2D eigenvalue weighted by Gasteiger charge is -2.09. The van der Waals surface area contributed by atoms with E-state index < -0.39 is 0 Å². The van der Waals surface area contributed by atoms with Gasteiger partial charge in [-0.25, -0.2) is 0 Å². The summed E-state index contributed by atoms with van der Waals surface area (Å²) in [7, 11) is 1.83. The monoisotopic (exact) mass is 245 g/mol. The minimum atomic E-state index is 0.282. The predicted molar refractivity (Wildman–Crippen MR) is 68.6 cm³/mol. The number of nitrogens with zero attached hydrogens (tertiary/aromatic N) is 2. The molecule has 0 radical (unpaired) electrons. The number of rotatable bonds is 2. The van der Waals surface area contributed by atoms with E-state index in [1.807, 2.05) is 19.2 Å². The quantitative estimate of drug-likeness (QED) is 0.878. The van der Waals surface area contributed by atoms with Gasteiger partial charge in [0, 0.05) is 12.6 Å². The standard InChI is InChI=1S/C13H15N3O2/c1-3-8-4-11-12(18-7-17-11)5-9(8)10-6-15-16(2)13(10)14/h4-6H,3,7,14H2,1-2H3. The number of aromatic nitrogens is 2. The Morgan fingerprint density at radius 3 is 2.61 bits per heavy atom. The zero-order chi connectivity index (χ0) is 12.7. The van der Waals surface area contributed by atoms with Gasteiger partial charge in [-0.1, -0.05) is 6.92 Å². The van der Waals surface area contributed by atoms with Crippen LogP contribution in [0.15, 0.2) is 18.3 Å². The highest BCUT2D eigenvalue weighted by Crippen LogP contribution is 2.40. The summed E-state index contributed by atoms with van der Waals surface area (Å²) in [4.78, 5) is 0. The largest absolute Gasteiger partial charge is 0.454 e. The zero-order valence-corrected chi connectivity index (χ0v) is 10.4. The third kappa shape index (κ3) is 1.51. The smallest absolute Gasteiger partial charge is 0.231 e. The van der Waals surface area contributed by atoms with Crippen molar-refractivity contribution >= 4 is 5.82 Å². The first-order valence-electron chi connectivity index (χ1n) is 5.91. The fourth-order valence-electron chi connectivity index (χ4n) is 2.18. The predicted octanol–water partition coefficient (Wildman–Crippen LogP) is 1.96. The number of fused-ring (bicyclic) bond motifs is 1. The number of nitrogens with two attached hydrogens (primary N) is 1. The van der Waals surface area contributed by atoms with Gasteiger partial charge in [-0.3, -0.25) is 4.68 Å². The maximum Gasteiger partial charge on any atom is 0.231 e. The molecule has 0 saturated carbocycles. The summed E-state index contributed by atoms with van der Waals surface area (Å²) in [5, 5.41) is 4.18. The van der Waals surface area contributed by atoms with Gasteiger partial charge >= 0.3 is 0 Å². The lowest BCUT2D eigenvalue weighted by molar-refractivity contribution is 0.174. The Balaban J connectivity index is 2.19. The van der Waals surface area contributed by atoms with Crippen molar-refractivity contribution < 1.29 is 9.47 Å². The van der Waals surface area contributed by atoms with Gasteiger partial charge in [0.25, 0.3) is 0 Å². The summed E-state index contributed by atoms with van der Waals surface area (Å²) in [6, 6.07) is 4.00. The highest BCUT2D eigenvalue weighted by atomic mass is 16.7. The minimum absolute atomic E-state index is 0.282. The normalized spacial score (nSPS) is 13.0. The number of nitrogen functional groups attached to an aromatic ring is 1. The highest BCUT2D eigenvalue weighted by Gasteiger charge is 2.19. The molecule has 1 aliphatic rings. The van der Waals surface area contributed by atoms with Crippen molar-refractivity contribution in [3.8, 4) is 22.6 Å². The molecule has 0 spiro atoms. The van der Waals surface area contributed by atoms with Crippen LogP contribution in [0.2, 0.25) is 0 Å². The average molecular weight is 245 g/mol.